The van der Waals surface area contributed by atoms with E-state index in [0.29, 0.717) is 0 Å². The molecule has 20 heavy (non-hydrogen) atoms. The lowest BCUT2D eigenvalue weighted by molar-refractivity contribution is 1.00. The molecule has 0 N–H and O–H groups in total. The minimum Gasteiger partial charge on any atom is -0.0620 e. The summed E-state index contributed by atoms with van der Waals surface area (Å²) < 4.78 is 0. The number of hydrogen-bond acceptors (Lipinski definition) is 0. The van der Waals surface area contributed by atoms with Gasteiger partial charge < -0.3 is 0 Å². The minimum absolute atomic E-state index is 1.08. The Morgan fingerprint density at radius 1 is 0.500 bits per heavy atom. The quantitative estimate of drug-likeness (QED) is 0.371. The summed E-state index contributed by atoms with van der Waals surface area (Å²) in [7, 11) is 0. The summed E-state index contributed by atoms with van der Waals surface area (Å²) in [5, 5.41) is 0. The van der Waals surface area contributed by atoms with Crippen molar-refractivity contribution < 1.29 is 0 Å². The second-order valence-corrected chi connectivity index (χ2v) is 5.79. The Labute approximate surface area is 118 Å². The van der Waals surface area contributed by atoms with Gasteiger partial charge in [0.05, 0.1) is 0 Å². The third-order valence-electron chi connectivity index (χ3n) is 4.76. The second-order valence-electron chi connectivity index (χ2n) is 5.79. The maximum atomic E-state index is 2.33. The molecular weight excluding hydrogens is 240 g/mol. The molecule has 0 aliphatic heterocycles. The number of fused-ring (bicyclic) bond motifs is 7. The van der Waals surface area contributed by atoms with E-state index in [-0.39, 0.29) is 0 Å². The summed E-state index contributed by atoms with van der Waals surface area (Å²) in [6, 6.07) is 22.3. The van der Waals surface area contributed by atoms with E-state index in [4.69, 9.17) is 0 Å². The van der Waals surface area contributed by atoms with Crippen molar-refractivity contribution >= 4 is 0 Å². The van der Waals surface area contributed by atoms with Crippen LogP contribution in [0.25, 0.3) is 22.3 Å². The van der Waals surface area contributed by atoms with Gasteiger partial charge in [0.2, 0.25) is 0 Å². The molecule has 0 aromatic heterocycles. The van der Waals surface area contributed by atoms with Crippen molar-refractivity contribution in [3.63, 3.8) is 0 Å². The van der Waals surface area contributed by atoms with Gasteiger partial charge in [-0.3, -0.25) is 0 Å². The molecular formula is C20H14. The predicted molar refractivity (Wildman–Crippen MR) is 82.9 cm³/mol. The average molecular weight is 254 g/mol. The highest BCUT2D eigenvalue weighted by atomic mass is 14.3. The highest BCUT2D eigenvalue weighted by molar-refractivity contribution is 6.04. The Morgan fingerprint density at radius 3 is 2.05 bits per heavy atom. The zero-order chi connectivity index (χ0) is 13.1. The normalized spacial score (nSPS) is 13.6. The van der Waals surface area contributed by atoms with E-state index < -0.39 is 0 Å². The Balaban J connectivity index is 1.73. The largest absolute Gasteiger partial charge is 0.0620 e. The van der Waals surface area contributed by atoms with Crippen molar-refractivity contribution in [2.75, 3.05) is 0 Å². The third kappa shape index (κ3) is 1.21. The zero-order valence-corrected chi connectivity index (χ0v) is 11.2. The smallest absolute Gasteiger partial charge is 0.00137 e. The molecule has 3 aromatic carbocycles. The van der Waals surface area contributed by atoms with Crippen LogP contribution in [0.1, 0.15) is 22.3 Å². The van der Waals surface area contributed by atoms with E-state index in [1.807, 2.05) is 0 Å². The van der Waals surface area contributed by atoms with Crippen molar-refractivity contribution in [1.29, 1.82) is 0 Å². The van der Waals surface area contributed by atoms with E-state index in [2.05, 4.69) is 60.7 Å². The van der Waals surface area contributed by atoms with Gasteiger partial charge in [0.25, 0.3) is 0 Å². The van der Waals surface area contributed by atoms with Gasteiger partial charge in [-0.1, -0.05) is 60.7 Å². The first-order valence-corrected chi connectivity index (χ1v) is 7.23. The van der Waals surface area contributed by atoms with Crippen molar-refractivity contribution in [1.82, 2.24) is 0 Å². The van der Waals surface area contributed by atoms with Gasteiger partial charge in [-0.25, -0.2) is 0 Å². The Bertz CT molecular complexity index is 856. The fourth-order valence-corrected chi connectivity index (χ4v) is 3.76. The van der Waals surface area contributed by atoms with Crippen LogP contribution in [0.5, 0.6) is 0 Å². The summed E-state index contributed by atoms with van der Waals surface area (Å²) in [6.45, 7) is 0. The van der Waals surface area contributed by atoms with Crippen LogP contribution in [0.4, 0.5) is 0 Å². The van der Waals surface area contributed by atoms with Crippen LogP contribution in [0.3, 0.4) is 0 Å². The molecule has 0 unspecified atom stereocenters. The zero-order valence-electron chi connectivity index (χ0n) is 11.2. The molecule has 0 heteroatoms. The summed E-state index contributed by atoms with van der Waals surface area (Å²) in [5.41, 5.74) is 11.9. The van der Waals surface area contributed by atoms with Crippen LogP contribution in [-0.4, -0.2) is 0 Å². The third-order valence-corrected chi connectivity index (χ3v) is 4.76. The maximum absolute atomic E-state index is 2.33. The summed E-state index contributed by atoms with van der Waals surface area (Å²) in [4.78, 5) is 0. The molecule has 0 amide bonds. The lowest BCUT2D eigenvalue weighted by atomic mass is 9.72. The van der Waals surface area contributed by atoms with E-state index >= 15 is 0 Å². The lowest BCUT2D eigenvalue weighted by Gasteiger charge is -2.31. The molecule has 0 atom stereocenters. The molecule has 2 aliphatic rings. The van der Waals surface area contributed by atoms with E-state index in [0.717, 1.165) is 12.8 Å². The second kappa shape index (κ2) is 3.61. The summed E-state index contributed by atoms with van der Waals surface area (Å²) in [6.07, 6.45) is 2.17. The Kier molecular flexibility index (Phi) is 1.88. The Hall–Kier alpha value is -2.34. The van der Waals surface area contributed by atoms with Gasteiger partial charge in [0, 0.05) is 0 Å². The molecule has 0 heterocycles. The fraction of sp³-hybridized carbons (Fsp3) is 0.100. The van der Waals surface area contributed by atoms with Gasteiger partial charge in [-0.05, 0) is 57.3 Å². The summed E-state index contributed by atoms with van der Waals surface area (Å²) >= 11 is 0. The molecule has 0 saturated carbocycles. The maximum Gasteiger partial charge on any atom is -0.00137 e. The average Bonchev–Trinajstić information content (AvgIpc) is 2.49. The molecule has 94 valence electrons. The Morgan fingerprint density at radius 2 is 1.20 bits per heavy atom. The predicted octanol–water partition coefficient (Wildman–Crippen LogP) is 4.83. The van der Waals surface area contributed by atoms with Crippen LogP contribution < -0.4 is 0 Å². The first-order valence-electron chi connectivity index (χ1n) is 7.23. The minimum atomic E-state index is 1.08. The van der Waals surface area contributed by atoms with Crippen molar-refractivity contribution in [3.8, 4) is 22.3 Å². The van der Waals surface area contributed by atoms with Gasteiger partial charge in [-0.15, -0.1) is 0 Å². The molecule has 0 fully saturated rings. The first kappa shape index (κ1) is 10.4. The standard InChI is InChI=1S/C20H14/c1-2-6-14-12-19-15(11-13(14)5-1)9-10-18-16-7-3-4-8-17(16)20(18)19/h1-10H,11-12H2. The van der Waals surface area contributed by atoms with E-state index in [1.54, 1.807) is 5.56 Å². The van der Waals surface area contributed by atoms with E-state index in [9.17, 15) is 0 Å². The molecule has 2 aliphatic carbocycles. The van der Waals surface area contributed by atoms with Gasteiger partial charge in [-0.2, -0.15) is 0 Å². The SMILES string of the molecule is c1ccc2c(c1)Cc1ccc3c(c1C2)-c1ccccc1-3. The number of benzene rings is 3. The van der Waals surface area contributed by atoms with Crippen LogP contribution in [0.15, 0.2) is 60.7 Å². The van der Waals surface area contributed by atoms with Crippen molar-refractivity contribution in [2.45, 2.75) is 12.8 Å². The van der Waals surface area contributed by atoms with E-state index in [1.165, 1.54) is 38.9 Å². The monoisotopic (exact) mass is 254 g/mol. The van der Waals surface area contributed by atoms with Crippen LogP contribution in [0, 0.1) is 0 Å². The highest BCUT2D eigenvalue weighted by Crippen LogP contribution is 2.51. The van der Waals surface area contributed by atoms with Gasteiger partial charge >= 0.3 is 0 Å². The highest BCUT2D eigenvalue weighted by Gasteiger charge is 2.28. The first-order chi connectivity index (χ1) is 9.92. The van der Waals surface area contributed by atoms with Crippen LogP contribution >= 0.6 is 0 Å². The van der Waals surface area contributed by atoms with Crippen LogP contribution in [-0.2, 0) is 12.8 Å². The fourth-order valence-electron chi connectivity index (χ4n) is 3.76. The molecule has 5 rings (SSSR count). The van der Waals surface area contributed by atoms with Crippen molar-refractivity contribution in [2.24, 2.45) is 0 Å². The lowest BCUT2D eigenvalue weighted by Crippen LogP contribution is -2.12. The number of rotatable bonds is 0. The van der Waals surface area contributed by atoms with Crippen molar-refractivity contribution in [3.05, 3.63) is 82.9 Å². The molecule has 0 nitrogen and oxygen atoms in total. The molecule has 0 radical (unpaired) electrons. The molecule has 0 spiro atoms. The number of hydrogen-bond donors (Lipinski definition) is 0. The molecule has 3 aromatic rings. The van der Waals surface area contributed by atoms with Gasteiger partial charge in [0.15, 0.2) is 0 Å². The van der Waals surface area contributed by atoms with Crippen LogP contribution in [0.2, 0.25) is 0 Å². The molecule has 0 bridgehead atoms. The van der Waals surface area contributed by atoms with Gasteiger partial charge in [0.1, 0.15) is 0 Å². The topological polar surface area (TPSA) is 0 Å². The molecule has 0 saturated heterocycles. The summed E-state index contributed by atoms with van der Waals surface area (Å²) in [5.74, 6) is 0.